The third-order valence-electron chi connectivity index (χ3n) is 3.31. The van der Waals surface area contributed by atoms with Crippen molar-refractivity contribution >= 4 is 11.6 Å². The number of benzene rings is 2. The first kappa shape index (κ1) is 13.2. The molecule has 0 spiro atoms. The van der Waals surface area contributed by atoms with Crippen molar-refractivity contribution < 1.29 is 4.79 Å². The van der Waals surface area contributed by atoms with Gasteiger partial charge in [0.05, 0.1) is 0 Å². The molecule has 1 aromatic heterocycles. The minimum atomic E-state index is -0.0611. The van der Waals surface area contributed by atoms with Gasteiger partial charge in [0.2, 0.25) is 5.91 Å². The van der Waals surface area contributed by atoms with Crippen molar-refractivity contribution in [3.8, 4) is 22.4 Å². The van der Waals surface area contributed by atoms with E-state index >= 15 is 0 Å². The fourth-order valence-corrected chi connectivity index (χ4v) is 2.29. The van der Waals surface area contributed by atoms with Gasteiger partial charge in [-0.05, 0) is 34.9 Å². The Morgan fingerprint density at radius 1 is 0.905 bits per heavy atom. The molecule has 0 saturated carbocycles. The summed E-state index contributed by atoms with van der Waals surface area (Å²) in [6, 6.07) is 20.2. The van der Waals surface area contributed by atoms with Crippen molar-refractivity contribution in [3.05, 3.63) is 66.9 Å². The molecule has 104 valence electrons. The second-order valence-corrected chi connectivity index (χ2v) is 4.93. The van der Waals surface area contributed by atoms with Crippen LogP contribution in [0.25, 0.3) is 22.4 Å². The number of aromatic amines is 1. The molecule has 0 aliphatic heterocycles. The standard InChI is InChI=1S/C18H16N2O/c1-13(21)20-17-9-7-15(8-10-17)18-11-16(12-19-18)14-5-3-2-4-6-14/h2-12,19H,1H3,(H,20,21). The van der Waals surface area contributed by atoms with E-state index in [-0.39, 0.29) is 5.91 Å². The second-order valence-electron chi connectivity index (χ2n) is 4.93. The monoisotopic (exact) mass is 276 g/mol. The summed E-state index contributed by atoms with van der Waals surface area (Å²) >= 11 is 0. The van der Waals surface area contributed by atoms with E-state index in [4.69, 9.17) is 0 Å². The highest BCUT2D eigenvalue weighted by Crippen LogP contribution is 2.26. The zero-order valence-corrected chi connectivity index (χ0v) is 11.8. The van der Waals surface area contributed by atoms with Gasteiger partial charge in [-0.15, -0.1) is 0 Å². The lowest BCUT2D eigenvalue weighted by molar-refractivity contribution is -0.114. The third kappa shape index (κ3) is 3.03. The molecule has 3 nitrogen and oxygen atoms in total. The van der Waals surface area contributed by atoms with E-state index < -0.39 is 0 Å². The molecule has 1 amide bonds. The highest BCUT2D eigenvalue weighted by Gasteiger charge is 2.04. The normalized spacial score (nSPS) is 10.3. The Morgan fingerprint density at radius 3 is 2.29 bits per heavy atom. The van der Waals surface area contributed by atoms with Crippen LogP contribution in [0, 0.1) is 0 Å². The van der Waals surface area contributed by atoms with Gasteiger partial charge in [-0.3, -0.25) is 4.79 Å². The number of H-pyrrole nitrogens is 1. The molecular weight excluding hydrogens is 260 g/mol. The molecule has 3 aromatic rings. The van der Waals surface area contributed by atoms with Crippen LogP contribution in [0.3, 0.4) is 0 Å². The first-order chi connectivity index (χ1) is 10.2. The van der Waals surface area contributed by atoms with Gasteiger partial charge in [-0.25, -0.2) is 0 Å². The van der Waals surface area contributed by atoms with Crippen LogP contribution in [0.4, 0.5) is 5.69 Å². The number of nitrogens with one attached hydrogen (secondary N) is 2. The molecule has 0 unspecified atom stereocenters. The zero-order chi connectivity index (χ0) is 14.7. The molecule has 0 bridgehead atoms. The number of carbonyl (C=O) groups excluding carboxylic acids is 1. The molecule has 0 saturated heterocycles. The summed E-state index contributed by atoms with van der Waals surface area (Å²) in [5.41, 5.74) is 5.31. The van der Waals surface area contributed by atoms with Crippen LogP contribution in [-0.4, -0.2) is 10.9 Å². The molecule has 0 aliphatic rings. The van der Waals surface area contributed by atoms with Crippen LogP contribution in [0.2, 0.25) is 0 Å². The second kappa shape index (κ2) is 5.67. The van der Waals surface area contributed by atoms with Crippen molar-refractivity contribution in [2.24, 2.45) is 0 Å². The fourth-order valence-electron chi connectivity index (χ4n) is 2.29. The number of aromatic nitrogens is 1. The summed E-state index contributed by atoms with van der Waals surface area (Å²) in [6.07, 6.45) is 2.01. The van der Waals surface area contributed by atoms with Crippen molar-refractivity contribution in [2.75, 3.05) is 5.32 Å². The van der Waals surface area contributed by atoms with Gasteiger partial charge in [0.15, 0.2) is 0 Å². The number of carbonyl (C=O) groups is 1. The van der Waals surface area contributed by atoms with Crippen LogP contribution in [0.5, 0.6) is 0 Å². The number of hydrogen-bond acceptors (Lipinski definition) is 1. The van der Waals surface area contributed by atoms with Crippen molar-refractivity contribution in [1.29, 1.82) is 0 Å². The van der Waals surface area contributed by atoms with Gasteiger partial charge in [-0.1, -0.05) is 42.5 Å². The lowest BCUT2D eigenvalue weighted by Gasteiger charge is -2.03. The highest BCUT2D eigenvalue weighted by atomic mass is 16.1. The van der Waals surface area contributed by atoms with Gasteiger partial charge in [0, 0.05) is 24.5 Å². The van der Waals surface area contributed by atoms with E-state index in [0.29, 0.717) is 0 Å². The van der Waals surface area contributed by atoms with Crippen molar-refractivity contribution in [1.82, 2.24) is 4.98 Å². The van der Waals surface area contributed by atoms with E-state index in [1.165, 1.54) is 12.5 Å². The van der Waals surface area contributed by atoms with Crippen LogP contribution in [-0.2, 0) is 4.79 Å². The minimum absolute atomic E-state index is 0.0611. The summed E-state index contributed by atoms with van der Waals surface area (Å²) in [6.45, 7) is 1.50. The first-order valence-corrected chi connectivity index (χ1v) is 6.84. The molecule has 1 heterocycles. The molecular formula is C18H16N2O. The van der Waals surface area contributed by atoms with Gasteiger partial charge in [-0.2, -0.15) is 0 Å². The average Bonchev–Trinajstić information content (AvgIpc) is 2.98. The fraction of sp³-hybridized carbons (Fsp3) is 0.0556. The molecule has 0 radical (unpaired) electrons. The molecule has 0 fully saturated rings. The van der Waals surface area contributed by atoms with E-state index in [1.807, 2.05) is 48.7 Å². The number of amides is 1. The molecule has 3 rings (SSSR count). The summed E-state index contributed by atoms with van der Waals surface area (Å²) in [4.78, 5) is 14.3. The topological polar surface area (TPSA) is 44.9 Å². The largest absolute Gasteiger partial charge is 0.361 e. The molecule has 2 aromatic carbocycles. The SMILES string of the molecule is CC(=O)Nc1ccc(-c2cc(-c3ccccc3)c[nH]2)cc1. The molecule has 0 atom stereocenters. The van der Waals surface area contributed by atoms with Gasteiger partial charge < -0.3 is 10.3 Å². The Morgan fingerprint density at radius 2 is 1.62 bits per heavy atom. The Labute approximate surface area is 123 Å². The Hall–Kier alpha value is -2.81. The highest BCUT2D eigenvalue weighted by molar-refractivity contribution is 5.89. The lowest BCUT2D eigenvalue weighted by Crippen LogP contribution is -2.05. The Balaban J connectivity index is 1.85. The number of anilines is 1. The van der Waals surface area contributed by atoms with E-state index in [2.05, 4.69) is 28.5 Å². The van der Waals surface area contributed by atoms with Gasteiger partial charge in [0.25, 0.3) is 0 Å². The van der Waals surface area contributed by atoms with Crippen LogP contribution in [0.1, 0.15) is 6.92 Å². The van der Waals surface area contributed by atoms with Crippen molar-refractivity contribution in [2.45, 2.75) is 6.92 Å². The van der Waals surface area contributed by atoms with Crippen molar-refractivity contribution in [3.63, 3.8) is 0 Å². The maximum absolute atomic E-state index is 11.0. The van der Waals surface area contributed by atoms with Gasteiger partial charge >= 0.3 is 0 Å². The minimum Gasteiger partial charge on any atom is -0.361 e. The maximum atomic E-state index is 11.0. The number of hydrogen-bond donors (Lipinski definition) is 2. The van der Waals surface area contributed by atoms with Crippen LogP contribution < -0.4 is 5.32 Å². The summed E-state index contributed by atoms with van der Waals surface area (Å²) in [7, 11) is 0. The van der Waals surface area contributed by atoms with Crippen LogP contribution in [0.15, 0.2) is 66.9 Å². The smallest absolute Gasteiger partial charge is 0.221 e. The predicted octanol–water partition coefficient (Wildman–Crippen LogP) is 4.31. The van der Waals surface area contributed by atoms with E-state index in [0.717, 1.165) is 22.5 Å². The molecule has 3 heteroatoms. The first-order valence-electron chi connectivity index (χ1n) is 6.84. The summed E-state index contributed by atoms with van der Waals surface area (Å²) < 4.78 is 0. The van der Waals surface area contributed by atoms with E-state index in [1.54, 1.807) is 0 Å². The summed E-state index contributed by atoms with van der Waals surface area (Å²) in [5.74, 6) is -0.0611. The van der Waals surface area contributed by atoms with Crippen LogP contribution >= 0.6 is 0 Å². The molecule has 0 aliphatic carbocycles. The molecule has 21 heavy (non-hydrogen) atoms. The van der Waals surface area contributed by atoms with Gasteiger partial charge in [0.1, 0.15) is 0 Å². The zero-order valence-electron chi connectivity index (χ0n) is 11.8. The molecule has 2 N–H and O–H groups in total. The quantitative estimate of drug-likeness (QED) is 0.735. The maximum Gasteiger partial charge on any atom is 0.221 e. The average molecular weight is 276 g/mol. The Bertz CT molecular complexity index is 742. The lowest BCUT2D eigenvalue weighted by atomic mass is 10.1. The van der Waals surface area contributed by atoms with E-state index in [9.17, 15) is 4.79 Å². The predicted molar refractivity (Wildman–Crippen MR) is 86.0 cm³/mol. The number of rotatable bonds is 3. The third-order valence-corrected chi connectivity index (χ3v) is 3.31. The summed E-state index contributed by atoms with van der Waals surface area (Å²) in [5, 5.41) is 2.77. The Kier molecular flexibility index (Phi) is 3.56.